The fourth-order valence-electron chi connectivity index (χ4n) is 0.975. The Hall–Kier alpha value is -0.280. The van der Waals surface area contributed by atoms with Gasteiger partial charge in [-0.1, -0.05) is 0 Å². The molecule has 1 saturated heterocycles. The van der Waals surface area contributed by atoms with Crippen LogP contribution in [0.25, 0.3) is 0 Å². The Bertz CT molecular complexity index is 156. The second-order valence-corrected chi connectivity index (χ2v) is 2.38. The molecule has 0 saturated carbocycles. The first-order valence-corrected chi connectivity index (χ1v) is 3.61. The number of ether oxygens (including phenoxy) is 1. The highest BCUT2D eigenvalue weighted by Gasteiger charge is 2.23. The van der Waals surface area contributed by atoms with Gasteiger partial charge in [-0.3, -0.25) is 0 Å². The standard InChI is InChI=1S/C6H9NO2S/c8-3-5-1-2-6(9-5)7-4-10/h5-6,8H,1-3H2. The Labute approximate surface area is 64.7 Å². The largest absolute Gasteiger partial charge is 0.394 e. The number of hydrogen-bond donors (Lipinski definition) is 1. The van der Waals surface area contributed by atoms with Crippen LogP contribution < -0.4 is 0 Å². The van der Waals surface area contributed by atoms with Crippen molar-refractivity contribution in [3.05, 3.63) is 0 Å². The van der Waals surface area contributed by atoms with Crippen molar-refractivity contribution in [2.75, 3.05) is 6.61 Å². The molecule has 2 atom stereocenters. The molecule has 0 aromatic rings. The van der Waals surface area contributed by atoms with Crippen LogP contribution in [0.5, 0.6) is 0 Å². The van der Waals surface area contributed by atoms with Gasteiger partial charge in [0.05, 0.1) is 17.9 Å². The van der Waals surface area contributed by atoms with E-state index in [1.54, 1.807) is 0 Å². The number of aliphatic imine (C=N–C) groups is 1. The van der Waals surface area contributed by atoms with E-state index in [-0.39, 0.29) is 18.9 Å². The lowest BCUT2D eigenvalue weighted by atomic mass is 10.2. The first kappa shape index (κ1) is 7.82. The zero-order valence-electron chi connectivity index (χ0n) is 5.49. The molecule has 0 radical (unpaired) electrons. The highest BCUT2D eigenvalue weighted by molar-refractivity contribution is 7.78. The Morgan fingerprint density at radius 3 is 3.00 bits per heavy atom. The van der Waals surface area contributed by atoms with Crippen LogP contribution in [0, 0.1) is 0 Å². The minimum Gasteiger partial charge on any atom is -0.394 e. The van der Waals surface area contributed by atoms with Gasteiger partial charge in [0.2, 0.25) is 0 Å². The zero-order valence-corrected chi connectivity index (χ0v) is 6.30. The number of nitrogens with zero attached hydrogens (tertiary/aromatic N) is 1. The fourth-order valence-corrected chi connectivity index (χ4v) is 1.09. The molecule has 4 heteroatoms. The first-order chi connectivity index (χ1) is 4.86. The second-order valence-electron chi connectivity index (χ2n) is 2.19. The summed E-state index contributed by atoms with van der Waals surface area (Å²) < 4.78 is 5.21. The molecular formula is C6H9NO2S. The van der Waals surface area contributed by atoms with Crippen molar-refractivity contribution < 1.29 is 9.84 Å². The smallest absolute Gasteiger partial charge is 0.158 e. The number of hydrogen-bond acceptors (Lipinski definition) is 4. The van der Waals surface area contributed by atoms with Gasteiger partial charge in [0.1, 0.15) is 0 Å². The zero-order chi connectivity index (χ0) is 7.40. The van der Waals surface area contributed by atoms with E-state index in [1.807, 2.05) is 0 Å². The quantitative estimate of drug-likeness (QED) is 0.473. The van der Waals surface area contributed by atoms with Gasteiger partial charge in [0.25, 0.3) is 0 Å². The third kappa shape index (κ3) is 1.85. The first-order valence-electron chi connectivity index (χ1n) is 3.20. The van der Waals surface area contributed by atoms with Crippen LogP contribution in [0.1, 0.15) is 12.8 Å². The summed E-state index contributed by atoms with van der Waals surface area (Å²) in [5.74, 6) is 0. The molecule has 56 valence electrons. The normalized spacial score (nSPS) is 31.7. The van der Waals surface area contributed by atoms with Crippen molar-refractivity contribution in [1.29, 1.82) is 0 Å². The van der Waals surface area contributed by atoms with Gasteiger partial charge in [-0.15, -0.1) is 0 Å². The molecule has 0 bridgehead atoms. The number of rotatable bonds is 2. The molecule has 3 nitrogen and oxygen atoms in total. The Kier molecular flexibility index (Phi) is 2.96. The summed E-state index contributed by atoms with van der Waals surface area (Å²) in [6.45, 7) is 0.0729. The van der Waals surface area contributed by atoms with E-state index >= 15 is 0 Å². The SMILES string of the molecule is OCC1CCC(N=C=S)O1. The van der Waals surface area contributed by atoms with Crippen LogP contribution in [0.2, 0.25) is 0 Å². The molecule has 1 fully saturated rings. The molecule has 0 aromatic carbocycles. The van der Waals surface area contributed by atoms with Crippen molar-refractivity contribution in [1.82, 2.24) is 0 Å². The molecule has 1 heterocycles. The van der Waals surface area contributed by atoms with Gasteiger partial charge in [0.15, 0.2) is 6.23 Å². The Morgan fingerprint density at radius 2 is 2.50 bits per heavy atom. The lowest BCUT2D eigenvalue weighted by Gasteiger charge is -2.04. The maximum Gasteiger partial charge on any atom is 0.158 e. The summed E-state index contributed by atoms with van der Waals surface area (Å²) >= 11 is 4.40. The average Bonchev–Trinajstić information content (AvgIpc) is 2.37. The lowest BCUT2D eigenvalue weighted by molar-refractivity contribution is 0.0162. The topological polar surface area (TPSA) is 41.8 Å². The summed E-state index contributed by atoms with van der Waals surface area (Å²) in [7, 11) is 0. The van der Waals surface area contributed by atoms with E-state index in [4.69, 9.17) is 9.84 Å². The molecular weight excluding hydrogens is 150 g/mol. The van der Waals surface area contributed by atoms with Crippen LogP contribution in [0.15, 0.2) is 4.99 Å². The summed E-state index contributed by atoms with van der Waals surface area (Å²) in [5, 5.41) is 10.9. The monoisotopic (exact) mass is 159 g/mol. The van der Waals surface area contributed by atoms with Gasteiger partial charge in [-0.05, 0) is 25.1 Å². The number of aliphatic hydroxyl groups is 1. The minimum atomic E-state index is -0.158. The molecule has 1 N–H and O–H groups in total. The maximum atomic E-state index is 8.64. The molecule has 0 aliphatic carbocycles. The molecule has 1 rings (SSSR count). The minimum absolute atomic E-state index is 0.0444. The van der Waals surface area contributed by atoms with E-state index < -0.39 is 0 Å². The summed E-state index contributed by atoms with van der Waals surface area (Å²) in [6, 6.07) is 0. The summed E-state index contributed by atoms with van der Waals surface area (Å²) in [5.41, 5.74) is 0. The molecule has 0 amide bonds. The van der Waals surface area contributed by atoms with Crippen LogP contribution in [0.4, 0.5) is 0 Å². The van der Waals surface area contributed by atoms with E-state index in [0.717, 1.165) is 12.8 Å². The van der Waals surface area contributed by atoms with Crippen molar-refractivity contribution >= 4 is 17.4 Å². The van der Waals surface area contributed by atoms with Gasteiger partial charge in [-0.25, -0.2) is 4.99 Å². The molecule has 1 aliphatic heterocycles. The Balaban J connectivity index is 2.35. The highest BCUT2D eigenvalue weighted by atomic mass is 32.1. The van der Waals surface area contributed by atoms with Crippen molar-refractivity contribution in [3.8, 4) is 0 Å². The van der Waals surface area contributed by atoms with Crippen molar-refractivity contribution in [2.24, 2.45) is 4.99 Å². The predicted molar refractivity (Wildman–Crippen MR) is 40.0 cm³/mol. The van der Waals surface area contributed by atoms with Gasteiger partial charge in [0, 0.05) is 0 Å². The maximum absolute atomic E-state index is 8.64. The molecule has 2 unspecified atom stereocenters. The number of aliphatic hydroxyl groups excluding tert-OH is 1. The van der Waals surface area contributed by atoms with E-state index in [1.165, 1.54) is 0 Å². The van der Waals surface area contributed by atoms with E-state index in [0.29, 0.717) is 0 Å². The van der Waals surface area contributed by atoms with Crippen LogP contribution in [-0.2, 0) is 4.74 Å². The number of isothiocyanates is 1. The third-order valence-electron chi connectivity index (χ3n) is 1.49. The van der Waals surface area contributed by atoms with Crippen molar-refractivity contribution in [2.45, 2.75) is 25.2 Å². The molecule has 10 heavy (non-hydrogen) atoms. The molecule has 1 aliphatic rings. The van der Waals surface area contributed by atoms with Gasteiger partial charge in [-0.2, -0.15) is 0 Å². The van der Waals surface area contributed by atoms with Crippen LogP contribution in [-0.4, -0.2) is 29.2 Å². The molecule has 0 spiro atoms. The highest BCUT2D eigenvalue weighted by Crippen LogP contribution is 2.19. The van der Waals surface area contributed by atoms with Gasteiger partial charge < -0.3 is 9.84 Å². The second kappa shape index (κ2) is 3.78. The molecule has 0 aromatic heterocycles. The Morgan fingerprint density at radius 1 is 1.70 bits per heavy atom. The van der Waals surface area contributed by atoms with Gasteiger partial charge >= 0.3 is 0 Å². The average molecular weight is 159 g/mol. The van der Waals surface area contributed by atoms with Crippen LogP contribution >= 0.6 is 12.2 Å². The van der Waals surface area contributed by atoms with E-state index in [9.17, 15) is 0 Å². The number of thiocarbonyl (C=S) groups is 1. The van der Waals surface area contributed by atoms with Crippen LogP contribution in [0.3, 0.4) is 0 Å². The fraction of sp³-hybridized carbons (Fsp3) is 0.833. The summed E-state index contributed by atoms with van der Waals surface area (Å²) in [6.07, 6.45) is 1.50. The lowest BCUT2D eigenvalue weighted by Crippen LogP contribution is -2.12. The third-order valence-corrected chi connectivity index (χ3v) is 1.59. The van der Waals surface area contributed by atoms with Crippen molar-refractivity contribution in [3.63, 3.8) is 0 Å². The summed E-state index contributed by atoms with van der Waals surface area (Å²) in [4.78, 5) is 3.75. The predicted octanol–water partition coefficient (Wildman–Crippen LogP) is 0.587. The van der Waals surface area contributed by atoms with E-state index in [2.05, 4.69) is 22.4 Å².